The Morgan fingerprint density at radius 3 is 2.71 bits per heavy atom. The first-order valence-corrected chi connectivity index (χ1v) is 11.3. The summed E-state index contributed by atoms with van der Waals surface area (Å²) in [5.41, 5.74) is 9.85. The molecule has 31 heavy (non-hydrogen) atoms. The van der Waals surface area contributed by atoms with Crippen LogP contribution in [0.25, 0.3) is 11.4 Å². The highest BCUT2D eigenvalue weighted by Gasteiger charge is 2.43. The van der Waals surface area contributed by atoms with E-state index in [1.807, 2.05) is 0 Å². The van der Waals surface area contributed by atoms with E-state index < -0.39 is 0 Å². The topological polar surface area (TPSA) is 86.5 Å². The largest absolute Gasteiger partial charge is 0.395 e. The van der Waals surface area contributed by atoms with E-state index in [1.54, 1.807) is 0 Å². The third-order valence-corrected chi connectivity index (χ3v) is 6.64. The SMILES string of the molecule is Cc1cc(-c2noc(C3NN(C)C4=CC(C)(C)CCC43)n2)cc(C)c1CCNCCO. The molecule has 7 heteroatoms. The number of rotatable bonds is 7. The predicted octanol–water partition coefficient (Wildman–Crippen LogP) is 3.29. The number of aryl methyl sites for hydroxylation is 2. The van der Waals surface area contributed by atoms with Gasteiger partial charge in [0.15, 0.2) is 0 Å². The molecule has 2 atom stereocenters. The van der Waals surface area contributed by atoms with Crippen molar-refractivity contribution in [2.75, 3.05) is 26.7 Å². The summed E-state index contributed by atoms with van der Waals surface area (Å²) < 4.78 is 5.74. The van der Waals surface area contributed by atoms with Gasteiger partial charge in [-0.25, -0.2) is 5.43 Å². The fraction of sp³-hybridized carbons (Fsp3) is 0.583. The van der Waals surface area contributed by atoms with Crippen molar-refractivity contribution in [2.24, 2.45) is 11.3 Å². The highest BCUT2D eigenvalue weighted by atomic mass is 16.5. The van der Waals surface area contributed by atoms with E-state index in [0.29, 0.717) is 24.2 Å². The van der Waals surface area contributed by atoms with Gasteiger partial charge in [-0.2, -0.15) is 4.98 Å². The molecule has 2 unspecified atom stereocenters. The monoisotopic (exact) mass is 425 g/mol. The van der Waals surface area contributed by atoms with Crippen LogP contribution in [0, 0.1) is 25.2 Å². The molecule has 1 aromatic carbocycles. The van der Waals surface area contributed by atoms with Gasteiger partial charge in [0.05, 0.1) is 6.61 Å². The number of fused-ring (bicyclic) bond motifs is 1. The Balaban J connectivity index is 1.53. The van der Waals surface area contributed by atoms with Crippen LogP contribution in [0.1, 0.15) is 55.3 Å². The fourth-order valence-corrected chi connectivity index (χ4v) is 4.95. The van der Waals surface area contributed by atoms with Crippen LogP contribution in [0.15, 0.2) is 28.4 Å². The smallest absolute Gasteiger partial charge is 0.246 e. The van der Waals surface area contributed by atoms with Crippen LogP contribution < -0.4 is 10.7 Å². The van der Waals surface area contributed by atoms with Gasteiger partial charge in [0.2, 0.25) is 11.7 Å². The maximum Gasteiger partial charge on any atom is 0.246 e. The Labute approximate surface area is 184 Å². The van der Waals surface area contributed by atoms with Gasteiger partial charge in [-0.05, 0) is 73.9 Å². The van der Waals surface area contributed by atoms with Gasteiger partial charge < -0.3 is 20.0 Å². The van der Waals surface area contributed by atoms with Gasteiger partial charge in [-0.1, -0.05) is 25.1 Å². The minimum absolute atomic E-state index is 0.0210. The van der Waals surface area contributed by atoms with Crippen LogP contribution in [0.3, 0.4) is 0 Å². The minimum Gasteiger partial charge on any atom is -0.395 e. The van der Waals surface area contributed by atoms with Crippen molar-refractivity contribution in [3.8, 4) is 11.4 Å². The van der Waals surface area contributed by atoms with E-state index in [0.717, 1.165) is 31.4 Å². The first-order valence-electron chi connectivity index (χ1n) is 11.3. The summed E-state index contributed by atoms with van der Waals surface area (Å²) in [6.07, 6.45) is 5.57. The normalized spacial score (nSPS) is 22.5. The minimum atomic E-state index is 0.0210. The van der Waals surface area contributed by atoms with E-state index in [9.17, 15) is 0 Å². The first kappa shape index (κ1) is 22.0. The van der Waals surface area contributed by atoms with Crippen molar-refractivity contribution in [1.29, 1.82) is 0 Å². The molecule has 3 N–H and O–H groups in total. The molecule has 0 spiro atoms. The van der Waals surface area contributed by atoms with Crippen LogP contribution in [0.2, 0.25) is 0 Å². The van der Waals surface area contributed by atoms with E-state index in [2.05, 4.69) is 73.9 Å². The second-order valence-electron chi connectivity index (χ2n) is 9.64. The van der Waals surface area contributed by atoms with E-state index in [4.69, 9.17) is 14.6 Å². The molecular weight excluding hydrogens is 390 g/mol. The maximum absolute atomic E-state index is 8.92. The molecule has 2 heterocycles. The zero-order chi connectivity index (χ0) is 22.2. The predicted molar refractivity (Wildman–Crippen MR) is 121 cm³/mol. The Kier molecular flexibility index (Phi) is 6.19. The maximum atomic E-state index is 8.92. The molecule has 0 bridgehead atoms. The summed E-state index contributed by atoms with van der Waals surface area (Å²) in [6, 6.07) is 4.31. The number of nitrogens with zero attached hydrogens (tertiary/aromatic N) is 3. The van der Waals surface area contributed by atoms with Crippen molar-refractivity contribution in [3.05, 3.63) is 46.5 Å². The lowest BCUT2D eigenvalue weighted by Crippen LogP contribution is -2.27. The Hall–Kier alpha value is -2.22. The lowest BCUT2D eigenvalue weighted by Gasteiger charge is -2.31. The molecule has 2 aliphatic rings. The summed E-state index contributed by atoms with van der Waals surface area (Å²) in [4.78, 5) is 4.79. The van der Waals surface area contributed by atoms with Crippen molar-refractivity contribution in [1.82, 2.24) is 25.9 Å². The second kappa shape index (κ2) is 8.73. The standard InChI is InChI=1S/C24H35N5O2/c1-15-12-17(13-16(2)18(15)7-9-25-10-11-30)22-26-23(31-28-22)21-19-6-8-24(3,4)14-20(19)29(5)27-21/h12-14,19,21,25,27,30H,6-11H2,1-5H3. The summed E-state index contributed by atoms with van der Waals surface area (Å²) in [7, 11) is 2.07. The lowest BCUT2D eigenvalue weighted by atomic mass is 9.75. The molecule has 1 aliphatic heterocycles. The van der Waals surface area contributed by atoms with Crippen LogP contribution >= 0.6 is 0 Å². The third kappa shape index (κ3) is 4.54. The van der Waals surface area contributed by atoms with Crippen LogP contribution in [0.4, 0.5) is 0 Å². The highest BCUT2D eigenvalue weighted by molar-refractivity contribution is 5.59. The molecule has 4 rings (SSSR count). The van der Waals surface area contributed by atoms with Gasteiger partial charge in [-0.15, -0.1) is 0 Å². The number of hydrogen-bond acceptors (Lipinski definition) is 7. The average molecular weight is 426 g/mol. The van der Waals surface area contributed by atoms with Gasteiger partial charge in [0.1, 0.15) is 6.04 Å². The number of allylic oxidation sites excluding steroid dienone is 1. The molecule has 2 aromatic rings. The second-order valence-corrected chi connectivity index (χ2v) is 9.64. The number of aromatic nitrogens is 2. The van der Waals surface area contributed by atoms with Crippen molar-refractivity contribution in [3.63, 3.8) is 0 Å². The molecule has 1 aromatic heterocycles. The Morgan fingerprint density at radius 1 is 1.26 bits per heavy atom. The molecule has 0 amide bonds. The van der Waals surface area contributed by atoms with Crippen molar-refractivity contribution < 1.29 is 9.63 Å². The number of aliphatic hydroxyl groups excluding tert-OH is 1. The molecule has 1 aliphatic carbocycles. The van der Waals surface area contributed by atoms with Gasteiger partial charge >= 0.3 is 0 Å². The molecule has 168 valence electrons. The zero-order valence-corrected chi connectivity index (χ0v) is 19.3. The lowest BCUT2D eigenvalue weighted by molar-refractivity contribution is 0.265. The number of nitrogens with one attached hydrogen (secondary N) is 2. The van der Waals surface area contributed by atoms with Gasteiger partial charge in [0.25, 0.3) is 0 Å². The summed E-state index contributed by atoms with van der Waals surface area (Å²) in [5, 5.41) is 18.6. The van der Waals surface area contributed by atoms with E-state index in [-0.39, 0.29) is 18.1 Å². The fourth-order valence-electron chi connectivity index (χ4n) is 4.95. The molecule has 0 radical (unpaired) electrons. The molecule has 1 fully saturated rings. The summed E-state index contributed by atoms with van der Waals surface area (Å²) >= 11 is 0. The quantitative estimate of drug-likeness (QED) is 0.587. The Bertz CT molecular complexity index is 942. The van der Waals surface area contributed by atoms with Crippen LogP contribution in [-0.2, 0) is 6.42 Å². The Morgan fingerprint density at radius 2 is 2.00 bits per heavy atom. The van der Waals surface area contributed by atoms with Gasteiger partial charge in [0, 0.05) is 30.8 Å². The molecular formula is C24H35N5O2. The van der Waals surface area contributed by atoms with E-state index in [1.165, 1.54) is 22.4 Å². The van der Waals surface area contributed by atoms with Crippen molar-refractivity contribution >= 4 is 0 Å². The number of aliphatic hydroxyl groups is 1. The molecule has 1 saturated heterocycles. The zero-order valence-electron chi connectivity index (χ0n) is 19.3. The highest BCUT2D eigenvalue weighted by Crippen LogP contribution is 2.46. The average Bonchev–Trinajstić information content (AvgIpc) is 3.31. The van der Waals surface area contributed by atoms with Crippen LogP contribution in [0.5, 0.6) is 0 Å². The number of hydrogen-bond donors (Lipinski definition) is 3. The summed E-state index contributed by atoms with van der Waals surface area (Å²) in [5.74, 6) is 1.66. The number of hydrazine groups is 1. The van der Waals surface area contributed by atoms with Crippen molar-refractivity contribution in [2.45, 2.75) is 53.0 Å². The molecule has 0 saturated carbocycles. The summed E-state index contributed by atoms with van der Waals surface area (Å²) in [6.45, 7) is 10.5. The van der Waals surface area contributed by atoms with Crippen LogP contribution in [-0.4, -0.2) is 47.0 Å². The molecule has 7 nitrogen and oxygen atoms in total. The number of benzene rings is 1. The first-order chi connectivity index (χ1) is 14.8. The van der Waals surface area contributed by atoms with Gasteiger partial charge in [-0.3, -0.25) is 0 Å². The third-order valence-electron chi connectivity index (χ3n) is 6.64. The van der Waals surface area contributed by atoms with E-state index >= 15 is 0 Å².